The van der Waals surface area contributed by atoms with Crippen LogP contribution in [0.1, 0.15) is 26.7 Å². The third-order valence-corrected chi connectivity index (χ3v) is 7.21. The van der Waals surface area contributed by atoms with Crippen LogP contribution in [0.4, 0.5) is 11.4 Å². The minimum absolute atomic E-state index is 0.0578. The van der Waals surface area contributed by atoms with Gasteiger partial charge in [0.1, 0.15) is 5.69 Å². The molecule has 0 amide bonds. The molecule has 2 aliphatic rings. The zero-order valence-electron chi connectivity index (χ0n) is 15.6. The lowest BCUT2D eigenvalue weighted by atomic mass is 10.0. The molecule has 9 nitrogen and oxygen atoms in total. The third kappa shape index (κ3) is 3.79. The van der Waals surface area contributed by atoms with E-state index in [2.05, 4.69) is 0 Å². The number of benzene rings is 1. The van der Waals surface area contributed by atoms with Crippen molar-refractivity contribution in [2.45, 2.75) is 37.4 Å². The van der Waals surface area contributed by atoms with Crippen LogP contribution in [-0.2, 0) is 19.5 Å². The van der Waals surface area contributed by atoms with E-state index in [-0.39, 0.29) is 10.6 Å². The number of nitro groups is 1. The van der Waals surface area contributed by atoms with E-state index in [4.69, 9.17) is 9.47 Å². The number of ether oxygens (including phenoxy) is 2. The van der Waals surface area contributed by atoms with Gasteiger partial charge in [0.05, 0.1) is 23.0 Å². The summed E-state index contributed by atoms with van der Waals surface area (Å²) in [6.07, 6.45) is 1.23. The van der Waals surface area contributed by atoms with E-state index in [1.807, 2.05) is 4.90 Å². The maximum absolute atomic E-state index is 12.7. The van der Waals surface area contributed by atoms with Gasteiger partial charge in [-0.2, -0.15) is 4.31 Å². The van der Waals surface area contributed by atoms with Crippen molar-refractivity contribution >= 4 is 21.4 Å². The molecule has 1 aromatic carbocycles. The lowest BCUT2D eigenvalue weighted by Crippen LogP contribution is -2.45. The first-order chi connectivity index (χ1) is 12.8. The summed E-state index contributed by atoms with van der Waals surface area (Å²) in [5.74, 6) is -0.572. The Kier molecular flexibility index (Phi) is 5.71. The van der Waals surface area contributed by atoms with Gasteiger partial charge in [-0.15, -0.1) is 0 Å². The monoisotopic (exact) mass is 399 g/mol. The van der Waals surface area contributed by atoms with Crippen LogP contribution >= 0.6 is 0 Å². The van der Waals surface area contributed by atoms with E-state index in [0.29, 0.717) is 57.9 Å². The lowest BCUT2D eigenvalue weighted by Gasteiger charge is -2.38. The first-order valence-corrected chi connectivity index (χ1v) is 10.6. The van der Waals surface area contributed by atoms with Crippen LogP contribution in [0, 0.1) is 10.1 Å². The fourth-order valence-corrected chi connectivity index (χ4v) is 5.14. The first-order valence-electron chi connectivity index (χ1n) is 9.14. The molecule has 0 saturated carbocycles. The summed E-state index contributed by atoms with van der Waals surface area (Å²) < 4.78 is 38.0. The zero-order valence-corrected chi connectivity index (χ0v) is 16.4. The van der Waals surface area contributed by atoms with Gasteiger partial charge in [0, 0.05) is 45.1 Å². The number of nitrogens with zero attached hydrogens (tertiary/aromatic N) is 3. The smallest absolute Gasteiger partial charge is 0.293 e. The summed E-state index contributed by atoms with van der Waals surface area (Å²) in [6.45, 7) is 6.31. The quantitative estimate of drug-likeness (QED) is 0.532. The average molecular weight is 399 g/mol. The maximum atomic E-state index is 12.7. The topological polar surface area (TPSA) is 102 Å². The standard InChI is InChI=1S/C17H25N3O6S/c1-3-19(4-2)27(23,24)14-5-6-15(16(13-14)20(21)22)18-9-7-17(8-10-18)25-11-12-26-17/h5-6,13H,3-4,7-12H2,1-2H3. The fraction of sp³-hybridized carbons (Fsp3) is 0.647. The summed E-state index contributed by atoms with van der Waals surface area (Å²) in [5.41, 5.74) is 0.221. The number of nitro benzene ring substituents is 1. The zero-order chi connectivity index (χ0) is 19.7. The first kappa shape index (κ1) is 20.0. The normalized spacial score (nSPS) is 19.7. The molecule has 2 fully saturated rings. The predicted octanol–water partition coefficient (Wildman–Crippen LogP) is 1.97. The van der Waals surface area contributed by atoms with Crippen molar-refractivity contribution < 1.29 is 22.8 Å². The molecule has 3 rings (SSSR count). The molecule has 27 heavy (non-hydrogen) atoms. The van der Waals surface area contributed by atoms with Crippen LogP contribution in [0.5, 0.6) is 0 Å². The summed E-state index contributed by atoms with van der Waals surface area (Å²) in [4.78, 5) is 12.9. The Bertz CT molecular complexity index is 793. The second kappa shape index (κ2) is 7.70. The second-order valence-corrected chi connectivity index (χ2v) is 8.53. The second-order valence-electron chi connectivity index (χ2n) is 6.59. The van der Waals surface area contributed by atoms with Gasteiger partial charge in [-0.05, 0) is 12.1 Å². The molecular weight excluding hydrogens is 374 g/mol. The van der Waals surface area contributed by atoms with Crippen molar-refractivity contribution in [2.75, 3.05) is 44.3 Å². The van der Waals surface area contributed by atoms with E-state index in [1.54, 1.807) is 13.8 Å². The van der Waals surface area contributed by atoms with E-state index >= 15 is 0 Å². The molecule has 10 heteroatoms. The molecule has 1 aromatic rings. The van der Waals surface area contributed by atoms with E-state index in [0.717, 1.165) is 6.07 Å². The van der Waals surface area contributed by atoms with Crippen LogP contribution in [0.25, 0.3) is 0 Å². The number of anilines is 1. The Labute approximate surface area is 159 Å². The van der Waals surface area contributed by atoms with Crippen molar-refractivity contribution in [3.63, 3.8) is 0 Å². The number of hydrogen-bond donors (Lipinski definition) is 0. The van der Waals surface area contributed by atoms with Crippen LogP contribution in [-0.4, -0.2) is 62.8 Å². The van der Waals surface area contributed by atoms with Gasteiger partial charge in [-0.25, -0.2) is 8.42 Å². The van der Waals surface area contributed by atoms with Crippen LogP contribution < -0.4 is 4.90 Å². The molecule has 0 aromatic heterocycles. The van der Waals surface area contributed by atoms with Crippen LogP contribution in [0.15, 0.2) is 23.1 Å². The predicted molar refractivity (Wildman–Crippen MR) is 99.3 cm³/mol. The Morgan fingerprint density at radius 1 is 1.19 bits per heavy atom. The SMILES string of the molecule is CCN(CC)S(=O)(=O)c1ccc(N2CCC3(CC2)OCCO3)c([N+](=O)[O-])c1. The highest BCUT2D eigenvalue weighted by atomic mass is 32.2. The number of piperidine rings is 1. The van der Waals surface area contributed by atoms with Crippen LogP contribution in [0.3, 0.4) is 0 Å². The lowest BCUT2D eigenvalue weighted by molar-refractivity contribution is -0.384. The molecule has 0 radical (unpaired) electrons. The Balaban J connectivity index is 1.88. The Hall–Kier alpha value is -1.75. The largest absolute Gasteiger partial charge is 0.366 e. The summed E-state index contributed by atoms with van der Waals surface area (Å²) in [6, 6.07) is 4.14. The van der Waals surface area contributed by atoms with Gasteiger partial charge in [-0.1, -0.05) is 13.8 Å². The highest BCUT2D eigenvalue weighted by Crippen LogP contribution is 2.37. The highest BCUT2D eigenvalue weighted by Gasteiger charge is 2.41. The molecule has 2 aliphatic heterocycles. The van der Waals surface area contributed by atoms with Crippen molar-refractivity contribution in [2.24, 2.45) is 0 Å². The van der Waals surface area contributed by atoms with Gasteiger partial charge in [0.25, 0.3) is 5.69 Å². The number of hydrogen-bond acceptors (Lipinski definition) is 7. The molecule has 2 heterocycles. The van der Waals surface area contributed by atoms with Gasteiger partial charge < -0.3 is 14.4 Å². The molecular formula is C17H25N3O6S. The molecule has 150 valence electrons. The van der Waals surface area contributed by atoms with Crippen molar-refractivity contribution in [1.29, 1.82) is 0 Å². The molecule has 0 atom stereocenters. The minimum atomic E-state index is -3.75. The van der Waals surface area contributed by atoms with Gasteiger partial charge in [0.2, 0.25) is 10.0 Å². The van der Waals surface area contributed by atoms with E-state index in [1.165, 1.54) is 16.4 Å². The fourth-order valence-electron chi connectivity index (χ4n) is 3.66. The summed E-state index contributed by atoms with van der Waals surface area (Å²) in [7, 11) is -3.75. The van der Waals surface area contributed by atoms with E-state index < -0.39 is 20.7 Å². The Morgan fingerprint density at radius 3 is 2.30 bits per heavy atom. The molecule has 0 unspecified atom stereocenters. The maximum Gasteiger partial charge on any atom is 0.293 e. The number of sulfonamides is 1. The highest BCUT2D eigenvalue weighted by molar-refractivity contribution is 7.89. The van der Waals surface area contributed by atoms with Crippen LogP contribution in [0.2, 0.25) is 0 Å². The molecule has 0 bridgehead atoms. The molecule has 1 spiro atoms. The molecule has 0 N–H and O–H groups in total. The van der Waals surface area contributed by atoms with E-state index in [9.17, 15) is 18.5 Å². The average Bonchev–Trinajstić information content (AvgIpc) is 3.10. The Morgan fingerprint density at radius 2 is 1.78 bits per heavy atom. The third-order valence-electron chi connectivity index (χ3n) is 5.17. The number of rotatable bonds is 6. The summed E-state index contributed by atoms with van der Waals surface area (Å²) >= 11 is 0. The summed E-state index contributed by atoms with van der Waals surface area (Å²) in [5, 5.41) is 11.6. The molecule has 2 saturated heterocycles. The van der Waals surface area contributed by atoms with Crippen molar-refractivity contribution in [1.82, 2.24) is 4.31 Å². The van der Waals surface area contributed by atoms with Gasteiger partial charge >= 0.3 is 0 Å². The van der Waals surface area contributed by atoms with Crippen molar-refractivity contribution in [3.05, 3.63) is 28.3 Å². The molecule has 0 aliphatic carbocycles. The van der Waals surface area contributed by atoms with Gasteiger partial charge in [0.15, 0.2) is 5.79 Å². The van der Waals surface area contributed by atoms with Crippen molar-refractivity contribution in [3.8, 4) is 0 Å². The van der Waals surface area contributed by atoms with Gasteiger partial charge in [-0.3, -0.25) is 10.1 Å². The minimum Gasteiger partial charge on any atom is -0.366 e.